The molecule has 0 radical (unpaired) electrons. The number of nitro benzene ring substituents is 1. The lowest BCUT2D eigenvalue weighted by Crippen LogP contribution is -2.53. The highest BCUT2D eigenvalue weighted by Gasteiger charge is 2.41. The molecule has 0 spiro atoms. The van der Waals surface area contributed by atoms with Gasteiger partial charge in [0.1, 0.15) is 0 Å². The summed E-state index contributed by atoms with van der Waals surface area (Å²) in [6, 6.07) is 13.1. The average molecular weight is 456 g/mol. The van der Waals surface area contributed by atoms with E-state index in [9.17, 15) is 14.9 Å². The number of benzene rings is 2. The van der Waals surface area contributed by atoms with Crippen molar-refractivity contribution < 1.29 is 9.72 Å². The molecule has 32 heavy (non-hydrogen) atoms. The number of likely N-dealkylation sites (tertiary alicyclic amines) is 2. The zero-order valence-corrected chi connectivity index (χ0v) is 19.0. The Morgan fingerprint density at radius 1 is 0.844 bits per heavy atom. The van der Waals surface area contributed by atoms with Gasteiger partial charge >= 0.3 is 0 Å². The van der Waals surface area contributed by atoms with Crippen molar-refractivity contribution in [3.8, 4) is 0 Å². The molecule has 0 N–H and O–H groups in total. The third kappa shape index (κ3) is 5.03. The number of ketones is 1. The maximum atomic E-state index is 14.0. The first-order chi connectivity index (χ1) is 15.6. The normalized spacial score (nSPS) is 19.9. The number of nitro groups is 1. The number of piperidine rings is 2. The highest BCUT2D eigenvalue weighted by atomic mass is 35.5. The molecule has 2 fully saturated rings. The quantitative estimate of drug-likeness (QED) is 0.312. The van der Waals surface area contributed by atoms with Crippen molar-refractivity contribution in [2.75, 3.05) is 26.2 Å². The van der Waals surface area contributed by atoms with Crippen LogP contribution in [0.5, 0.6) is 0 Å². The Kier molecular flexibility index (Phi) is 7.55. The zero-order valence-electron chi connectivity index (χ0n) is 18.3. The highest BCUT2D eigenvalue weighted by molar-refractivity contribution is 6.30. The lowest BCUT2D eigenvalue weighted by atomic mass is 9.87. The molecule has 2 saturated heterocycles. The highest BCUT2D eigenvalue weighted by Crippen LogP contribution is 2.37. The number of carbonyl (C=O) groups excluding carboxylic acids is 1. The fourth-order valence-electron chi connectivity index (χ4n) is 5.16. The summed E-state index contributed by atoms with van der Waals surface area (Å²) in [5.41, 5.74) is 1.33. The monoisotopic (exact) mass is 455 g/mol. The van der Waals surface area contributed by atoms with E-state index < -0.39 is 6.04 Å². The van der Waals surface area contributed by atoms with Gasteiger partial charge in [-0.1, -0.05) is 42.6 Å². The summed E-state index contributed by atoms with van der Waals surface area (Å²) < 4.78 is 0. The van der Waals surface area contributed by atoms with Crippen LogP contribution in [0.25, 0.3) is 0 Å². The smallest absolute Gasteiger partial charge is 0.274 e. The van der Waals surface area contributed by atoms with Crippen molar-refractivity contribution in [3.05, 3.63) is 74.8 Å². The molecule has 170 valence electrons. The molecule has 0 aromatic heterocycles. The van der Waals surface area contributed by atoms with Gasteiger partial charge in [0.2, 0.25) is 0 Å². The van der Waals surface area contributed by atoms with Crippen molar-refractivity contribution in [1.82, 2.24) is 9.80 Å². The third-order valence-electron chi connectivity index (χ3n) is 6.72. The Bertz CT molecular complexity index is 938. The molecule has 2 heterocycles. The van der Waals surface area contributed by atoms with Crippen LogP contribution in [-0.2, 0) is 0 Å². The summed E-state index contributed by atoms with van der Waals surface area (Å²) in [7, 11) is 0. The van der Waals surface area contributed by atoms with Gasteiger partial charge in [-0.3, -0.25) is 24.7 Å². The first kappa shape index (κ1) is 22.9. The van der Waals surface area contributed by atoms with Crippen LogP contribution >= 0.6 is 11.6 Å². The first-order valence-electron chi connectivity index (χ1n) is 11.6. The van der Waals surface area contributed by atoms with Gasteiger partial charge in [0.15, 0.2) is 5.78 Å². The van der Waals surface area contributed by atoms with Crippen LogP contribution in [0.2, 0.25) is 5.02 Å². The van der Waals surface area contributed by atoms with Gasteiger partial charge in [0.25, 0.3) is 5.69 Å². The minimum Gasteiger partial charge on any atom is -0.294 e. The predicted octanol–water partition coefficient (Wildman–Crippen LogP) is 5.51. The Hall–Kier alpha value is -2.28. The second kappa shape index (κ2) is 10.6. The Morgan fingerprint density at radius 3 is 2.00 bits per heavy atom. The van der Waals surface area contributed by atoms with Crippen LogP contribution in [0.4, 0.5) is 5.69 Å². The van der Waals surface area contributed by atoms with E-state index in [0.29, 0.717) is 16.1 Å². The topological polar surface area (TPSA) is 66.7 Å². The van der Waals surface area contributed by atoms with Crippen LogP contribution in [0, 0.1) is 10.1 Å². The maximum absolute atomic E-state index is 14.0. The van der Waals surface area contributed by atoms with E-state index in [1.54, 1.807) is 36.4 Å². The summed E-state index contributed by atoms with van der Waals surface area (Å²) >= 11 is 6.08. The lowest BCUT2D eigenvalue weighted by molar-refractivity contribution is -0.386. The van der Waals surface area contributed by atoms with Crippen LogP contribution in [0.15, 0.2) is 48.5 Å². The largest absolute Gasteiger partial charge is 0.294 e. The van der Waals surface area contributed by atoms with Gasteiger partial charge < -0.3 is 0 Å². The number of hydrogen-bond donors (Lipinski definition) is 0. The molecule has 0 aliphatic carbocycles. The van der Waals surface area contributed by atoms with Crippen molar-refractivity contribution in [1.29, 1.82) is 0 Å². The van der Waals surface area contributed by atoms with E-state index >= 15 is 0 Å². The summed E-state index contributed by atoms with van der Waals surface area (Å²) in [4.78, 5) is 30.2. The first-order valence-corrected chi connectivity index (χ1v) is 12.0. The van der Waals surface area contributed by atoms with E-state index in [1.807, 2.05) is 12.1 Å². The number of nitrogens with zero attached hydrogens (tertiary/aromatic N) is 3. The van der Waals surface area contributed by atoms with Gasteiger partial charge in [-0.15, -0.1) is 0 Å². The number of carbonyl (C=O) groups is 1. The molecule has 2 aromatic rings. The molecule has 0 amide bonds. The van der Waals surface area contributed by atoms with E-state index in [1.165, 1.54) is 0 Å². The Balaban J connectivity index is 1.83. The molecule has 6 nitrogen and oxygen atoms in total. The average Bonchev–Trinajstić information content (AvgIpc) is 2.83. The van der Waals surface area contributed by atoms with Crippen molar-refractivity contribution >= 4 is 23.1 Å². The van der Waals surface area contributed by atoms with Gasteiger partial charge in [-0.25, -0.2) is 0 Å². The van der Waals surface area contributed by atoms with Gasteiger partial charge in [0, 0.05) is 22.2 Å². The zero-order chi connectivity index (χ0) is 22.5. The SMILES string of the molecule is O=C(c1ccc(Cl)cc1)C(C(c1ccccc1[N+](=O)[O-])N1CCCCC1)N1CCCCC1. The molecule has 2 aromatic carbocycles. The Morgan fingerprint density at radius 2 is 1.41 bits per heavy atom. The molecule has 2 unspecified atom stereocenters. The molecule has 0 bridgehead atoms. The lowest BCUT2D eigenvalue weighted by Gasteiger charge is -2.44. The number of halogens is 1. The Labute approximate surface area is 194 Å². The standard InChI is InChI=1S/C25H30ClN3O3/c26-20-13-11-19(12-14-20)25(30)24(28-17-7-2-8-18-28)23(27-15-5-1-6-16-27)21-9-3-4-10-22(21)29(31)32/h3-4,9-14,23-24H,1-2,5-8,15-18H2. The van der Waals surface area contributed by atoms with Crippen LogP contribution in [-0.4, -0.2) is 52.7 Å². The molecule has 7 heteroatoms. The molecular weight excluding hydrogens is 426 g/mol. The van der Waals surface area contributed by atoms with Crippen LogP contribution in [0.3, 0.4) is 0 Å². The number of Topliss-reactive ketones (excluding diaryl/α,β-unsaturated/α-hetero) is 1. The van der Waals surface area contributed by atoms with Gasteiger partial charge in [0.05, 0.1) is 17.0 Å². The maximum Gasteiger partial charge on any atom is 0.274 e. The molecular formula is C25H30ClN3O3. The number of hydrogen-bond acceptors (Lipinski definition) is 5. The number of para-hydroxylation sites is 1. The minimum atomic E-state index is -0.476. The van der Waals surface area contributed by atoms with E-state index in [0.717, 1.165) is 64.7 Å². The molecule has 2 atom stereocenters. The molecule has 4 rings (SSSR count). The fraction of sp³-hybridized carbons (Fsp3) is 0.480. The molecule has 0 saturated carbocycles. The van der Waals surface area contributed by atoms with Gasteiger partial charge in [-0.2, -0.15) is 0 Å². The summed E-state index contributed by atoms with van der Waals surface area (Å²) in [6.07, 6.45) is 6.46. The summed E-state index contributed by atoms with van der Waals surface area (Å²) in [5.74, 6) is 0.0114. The van der Waals surface area contributed by atoms with E-state index in [2.05, 4.69) is 9.80 Å². The van der Waals surface area contributed by atoms with Crippen molar-refractivity contribution in [2.24, 2.45) is 0 Å². The fourth-order valence-corrected chi connectivity index (χ4v) is 5.28. The van der Waals surface area contributed by atoms with Crippen molar-refractivity contribution in [3.63, 3.8) is 0 Å². The van der Waals surface area contributed by atoms with Crippen LogP contribution in [0.1, 0.15) is 60.5 Å². The van der Waals surface area contributed by atoms with Crippen molar-refractivity contribution in [2.45, 2.75) is 50.6 Å². The molecule has 2 aliphatic heterocycles. The predicted molar refractivity (Wildman–Crippen MR) is 126 cm³/mol. The van der Waals surface area contributed by atoms with E-state index in [4.69, 9.17) is 11.6 Å². The minimum absolute atomic E-state index is 0.0114. The van der Waals surface area contributed by atoms with Crippen LogP contribution < -0.4 is 0 Å². The number of rotatable bonds is 7. The van der Waals surface area contributed by atoms with E-state index in [-0.39, 0.29) is 22.4 Å². The summed E-state index contributed by atoms with van der Waals surface area (Å²) in [5, 5.41) is 12.5. The second-order valence-corrected chi connectivity index (χ2v) is 9.21. The molecule has 2 aliphatic rings. The second-order valence-electron chi connectivity index (χ2n) is 8.77. The third-order valence-corrected chi connectivity index (χ3v) is 6.97. The summed E-state index contributed by atoms with van der Waals surface area (Å²) in [6.45, 7) is 3.34. The van der Waals surface area contributed by atoms with Gasteiger partial charge in [-0.05, 0) is 76.1 Å².